The van der Waals surface area contributed by atoms with Crippen molar-refractivity contribution in [2.24, 2.45) is 0 Å². The molecule has 2 rings (SSSR count). The van der Waals surface area contributed by atoms with Crippen LogP contribution >= 0.6 is 0 Å². The van der Waals surface area contributed by atoms with Crippen molar-refractivity contribution in [2.45, 2.75) is 33.8 Å². The quantitative estimate of drug-likeness (QED) is 0.715. The molecule has 2 aromatic carbocycles. The second kappa shape index (κ2) is 9.55. The molecule has 2 N–H and O–H groups in total. The van der Waals surface area contributed by atoms with Crippen LogP contribution in [0.15, 0.2) is 42.5 Å². The minimum atomic E-state index is -0.982. The lowest BCUT2D eigenvalue weighted by Crippen LogP contribution is -2.31. The van der Waals surface area contributed by atoms with Gasteiger partial charge in [0.25, 0.3) is 5.91 Å². The van der Waals surface area contributed by atoms with Crippen LogP contribution < -0.4 is 15.4 Å². The number of aryl methyl sites for hydroxylation is 2. The number of hydrogen-bond donors (Lipinski definition) is 2. The Kier molecular flexibility index (Phi) is 7.14. The van der Waals surface area contributed by atoms with Crippen LogP contribution in [0.1, 0.15) is 25.0 Å². The molecule has 0 bridgehead atoms. The SMILES string of the molecule is CC(=O)Nc1ccc(NC(=O)[C@H](C)OC(=O)COc2cc(C)ccc2C)cc1. The molecule has 1 atom stereocenters. The molecule has 0 aliphatic heterocycles. The van der Waals surface area contributed by atoms with Gasteiger partial charge in [0, 0.05) is 18.3 Å². The number of amides is 2. The van der Waals surface area contributed by atoms with Crippen LogP contribution in [0.5, 0.6) is 5.75 Å². The molecule has 0 spiro atoms. The molecular formula is C21H24N2O5. The summed E-state index contributed by atoms with van der Waals surface area (Å²) in [5.41, 5.74) is 3.07. The summed E-state index contributed by atoms with van der Waals surface area (Å²) in [6, 6.07) is 12.3. The van der Waals surface area contributed by atoms with E-state index in [0.717, 1.165) is 11.1 Å². The second-order valence-electron chi connectivity index (χ2n) is 6.44. The van der Waals surface area contributed by atoms with Gasteiger partial charge in [0.1, 0.15) is 5.75 Å². The monoisotopic (exact) mass is 384 g/mol. The largest absolute Gasteiger partial charge is 0.482 e. The Bertz CT molecular complexity index is 862. The van der Waals surface area contributed by atoms with Gasteiger partial charge in [-0.3, -0.25) is 9.59 Å². The summed E-state index contributed by atoms with van der Waals surface area (Å²) >= 11 is 0. The maximum atomic E-state index is 12.2. The molecule has 0 heterocycles. The van der Waals surface area contributed by atoms with E-state index in [9.17, 15) is 14.4 Å². The van der Waals surface area contributed by atoms with Crippen LogP contribution in [0.25, 0.3) is 0 Å². The Morgan fingerprint density at radius 1 is 0.964 bits per heavy atom. The van der Waals surface area contributed by atoms with E-state index in [2.05, 4.69) is 10.6 Å². The standard InChI is InChI=1S/C21H24N2O5/c1-13-5-6-14(2)19(11-13)27-12-20(25)28-15(3)21(26)23-18-9-7-17(8-10-18)22-16(4)24/h5-11,15H,12H2,1-4H3,(H,22,24)(H,23,26)/t15-/m0/s1. The van der Waals surface area contributed by atoms with E-state index in [4.69, 9.17) is 9.47 Å². The molecule has 7 heteroatoms. The Balaban J connectivity index is 1.83. The van der Waals surface area contributed by atoms with E-state index in [1.165, 1.54) is 13.8 Å². The van der Waals surface area contributed by atoms with Crippen molar-refractivity contribution in [2.75, 3.05) is 17.2 Å². The average Bonchev–Trinajstić information content (AvgIpc) is 2.63. The van der Waals surface area contributed by atoms with Gasteiger partial charge in [0.2, 0.25) is 5.91 Å². The molecule has 0 aliphatic carbocycles. The minimum absolute atomic E-state index is 0.180. The van der Waals surface area contributed by atoms with Gasteiger partial charge in [-0.2, -0.15) is 0 Å². The van der Waals surface area contributed by atoms with Crippen molar-refractivity contribution < 1.29 is 23.9 Å². The fraction of sp³-hybridized carbons (Fsp3) is 0.286. The van der Waals surface area contributed by atoms with Crippen molar-refractivity contribution in [1.29, 1.82) is 0 Å². The van der Waals surface area contributed by atoms with Gasteiger partial charge in [-0.1, -0.05) is 12.1 Å². The zero-order valence-electron chi connectivity index (χ0n) is 16.4. The van der Waals surface area contributed by atoms with Crippen LogP contribution in [-0.4, -0.2) is 30.5 Å². The van der Waals surface area contributed by atoms with Gasteiger partial charge in [0.05, 0.1) is 0 Å². The fourth-order valence-corrected chi connectivity index (χ4v) is 2.37. The first-order valence-corrected chi connectivity index (χ1v) is 8.82. The third kappa shape index (κ3) is 6.42. The summed E-state index contributed by atoms with van der Waals surface area (Å²) in [5, 5.41) is 5.28. The molecule has 0 radical (unpaired) electrons. The number of ether oxygens (including phenoxy) is 2. The third-order valence-corrected chi connectivity index (χ3v) is 3.84. The molecule has 2 aromatic rings. The van der Waals surface area contributed by atoms with E-state index < -0.39 is 18.0 Å². The second-order valence-corrected chi connectivity index (χ2v) is 6.44. The predicted octanol–water partition coefficient (Wildman–Crippen LogP) is 3.21. The van der Waals surface area contributed by atoms with Gasteiger partial charge in [-0.15, -0.1) is 0 Å². The maximum absolute atomic E-state index is 12.2. The Morgan fingerprint density at radius 2 is 1.57 bits per heavy atom. The summed E-state index contributed by atoms with van der Waals surface area (Å²) in [4.78, 5) is 35.2. The highest BCUT2D eigenvalue weighted by atomic mass is 16.6. The van der Waals surface area contributed by atoms with Gasteiger partial charge >= 0.3 is 5.97 Å². The first-order valence-electron chi connectivity index (χ1n) is 8.82. The summed E-state index contributed by atoms with van der Waals surface area (Å²) in [7, 11) is 0. The Morgan fingerprint density at radius 3 is 2.18 bits per heavy atom. The highest BCUT2D eigenvalue weighted by Gasteiger charge is 2.18. The molecule has 28 heavy (non-hydrogen) atoms. The molecule has 0 saturated heterocycles. The zero-order valence-corrected chi connectivity index (χ0v) is 16.4. The van der Waals surface area contributed by atoms with Crippen LogP contribution in [0.2, 0.25) is 0 Å². The molecular weight excluding hydrogens is 360 g/mol. The van der Waals surface area contributed by atoms with Crippen molar-refractivity contribution >= 4 is 29.2 Å². The van der Waals surface area contributed by atoms with Crippen LogP contribution in [-0.2, 0) is 19.1 Å². The van der Waals surface area contributed by atoms with Crippen molar-refractivity contribution in [3.05, 3.63) is 53.6 Å². The van der Waals surface area contributed by atoms with Crippen molar-refractivity contribution in [1.82, 2.24) is 0 Å². The number of nitrogens with one attached hydrogen (secondary N) is 2. The summed E-state index contributed by atoms with van der Waals surface area (Å²) in [6.45, 7) is 6.42. The number of hydrogen-bond acceptors (Lipinski definition) is 5. The van der Waals surface area contributed by atoms with Gasteiger partial charge in [-0.25, -0.2) is 4.79 Å². The normalized spacial score (nSPS) is 11.3. The Labute approximate surface area is 164 Å². The number of esters is 1. The van der Waals surface area contributed by atoms with E-state index in [1.54, 1.807) is 24.3 Å². The molecule has 148 valence electrons. The smallest absolute Gasteiger partial charge is 0.344 e. The number of rotatable bonds is 7. The lowest BCUT2D eigenvalue weighted by molar-refractivity contribution is -0.155. The van der Waals surface area contributed by atoms with Gasteiger partial charge in [0.15, 0.2) is 12.7 Å². The number of carbonyl (C=O) groups excluding carboxylic acids is 3. The van der Waals surface area contributed by atoms with Crippen LogP contribution in [0.4, 0.5) is 11.4 Å². The number of anilines is 2. The molecule has 0 aliphatic rings. The lowest BCUT2D eigenvalue weighted by atomic mass is 10.1. The van der Waals surface area contributed by atoms with Crippen LogP contribution in [0.3, 0.4) is 0 Å². The van der Waals surface area contributed by atoms with Crippen molar-refractivity contribution in [3.63, 3.8) is 0 Å². The summed E-state index contributed by atoms with van der Waals surface area (Å²) in [6.07, 6.45) is -0.982. The lowest BCUT2D eigenvalue weighted by Gasteiger charge is -2.15. The maximum Gasteiger partial charge on any atom is 0.344 e. The third-order valence-electron chi connectivity index (χ3n) is 3.84. The predicted molar refractivity (Wildman–Crippen MR) is 106 cm³/mol. The van der Waals surface area contributed by atoms with Crippen LogP contribution in [0, 0.1) is 13.8 Å². The van der Waals surface area contributed by atoms with Gasteiger partial charge in [-0.05, 0) is 62.2 Å². The molecule has 0 aromatic heterocycles. The van der Waals surface area contributed by atoms with Crippen molar-refractivity contribution in [3.8, 4) is 5.75 Å². The molecule has 0 fully saturated rings. The topological polar surface area (TPSA) is 93.7 Å². The first-order chi connectivity index (χ1) is 13.2. The highest BCUT2D eigenvalue weighted by molar-refractivity contribution is 5.95. The summed E-state index contributed by atoms with van der Waals surface area (Å²) in [5.74, 6) is -0.675. The molecule has 0 saturated carbocycles. The highest BCUT2D eigenvalue weighted by Crippen LogP contribution is 2.19. The molecule has 2 amide bonds. The Hall–Kier alpha value is -3.35. The molecule has 0 unspecified atom stereocenters. The van der Waals surface area contributed by atoms with E-state index in [0.29, 0.717) is 17.1 Å². The van der Waals surface area contributed by atoms with E-state index in [1.807, 2.05) is 32.0 Å². The average molecular weight is 384 g/mol. The summed E-state index contributed by atoms with van der Waals surface area (Å²) < 4.78 is 10.6. The van der Waals surface area contributed by atoms with E-state index >= 15 is 0 Å². The fourth-order valence-electron chi connectivity index (χ4n) is 2.37. The molecule has 7 nitrogen and oxygen atoms in total. The van der Waals surface area contributed by atoms with E-state index in [-0.39, 0.29) is 12.5 Å². The minimum Gasteiger partial charge on any atom is -0.482 e. The number of carbonyl (C=O) groups is 3. The van der Waals surface area contributed by atoms with Gasteiger partial charge < -0.3 is 20.1 Å². The number of benzene rings is 2. The first kappa shape index (κ1) is 21.0. The zero-order chi connectivity index (χ0) is 20.7.